The Morgan fingerprint density at radius 3 is 2.15 bits per heavy atom. The van der Waals surface area contributed by atoms with Crippen molar-refractivity contribution in [1.29, 1.82) is 0 Å². The van der Waals surface area contributed by atoms with Crippen molar-refractivity contribution in [2.75, 3.05) is 31.1 Å². The van der Waals surface area contributed by atoms with Crippen LogP contribution in [0.15, 0.2) is 39.6 Å². The summed E-state index contributed by atoms with van der Waals surface area (Å²) in [7, 11) is 0. The Labute approximate surface area is 202 Å². The van der Waals surface area contributed by atoms with Gasteiger partial charge in [0, 0.05) is 29.8 Å². The number of anilines is 1. The van der Waals surface area contributed by atoms with Gasteiger partial charge in [-0.25, -0.2) is 0 Å². The number of hydrogen-bond acceptors (Lipinski definition) is 6. The third-order valence-corrected chi connectivity index (χ3v) is 6.62. The van der Waals surface area contributed by atoms with Gasteiger partial charge in [-0.05, 0) is 50.2 Å². The normalized spacial score (nSPS) is 15.5. The van der Waals surface area contributed by atoms with Gasteiger partial charge in [0.15, 0.2) is 5.75 Å². The van der Waals surface area contributed by atoms with Crippen LogP contribution in [-0.2, 0) is 10.2 Å². The molecule has 0 unspecified atom stereocenters. The molecule has 0 amide bonds. The van der Waals surface area contributed by atoms with Gasteiger partial charge in [-0.3, -0.25) is 14.4 Å². The van der Waals surface area contributed by atoms with Gasteiger partial charge in [-0.1, -0.05) is 59.2 Å². The molecule has 0 fully saturated rings. The van der Waals surface area contributed by atoms with Gasteiger partial charge in [0.25, 0.3) is 5.43 Å². The highest BCUT2D eigenvalue weighted by atomic mass is 16.4. The van der Waals surface area contributed by atoms with Crippen LogP contribution in [0.3, 0.4) is 0 Å². The summed E-state index contributed by atoms with van der Waals surface area (Å²) in [6.45, 7) is 14.9. The fourth-order valence-corrected chi connectivity index (χ4v) is 4.40. The first kappa shape index (κ1) is 27.3. The third kappa shape index (κ3) is 5.95. The number of rotatable bonds is 10. The van der Waals surface area contributed by atoms with E-state index in [-0.39, 0.29) is 17.4 Å². The van der Waals surface area contributed by atoms with Crippen LogP contribution in [0.4, 0.5) is 5.69 Å². The fraction of sp³-hybridized carbons (Fsp3) is 0.519. The van der Waals surface area contributed by atoms with Crippen LogP contribution in [0.25, 0.3) is 6.08 Å². The number of unbranched alkanes of at least 4 members (excludes halogenated alkanes) is 2. The van der Waals surface area contributed by atoms with Gasteiger partial charge >= 0.3 is 5.97 Å². The molecule has 0 spiro atoms. The van der Waals surface area contributed by atoms with Crippen molar-refractivity contribution in [3.63, 3.8) is 0 Å². The molecule has 0 saturated heterocycles. The minimum Gasteiger partial charge on any atom is -0.504 e. The third-order valence-electron chi connectivity index (χ3n) is 6.62. The molecule has 0 aromatic heterocycles. The second-order valence-corrected chi connectivity index (χ2v) is 9.07. The van der Waals surface area contributed by atoms with Crippen molar-refractivity contribution in [1.82, 2.24) is 4.90 Å². The fourth-order valence-electron chi connectivity index (χ4n) is 4.40. The van der Waals surface area contributed by atoms with E-state index in [4.69, 9.17) is 5.11 Å². The SMILES string of the molecule is CC1(C)C(=Cc2c(O)c(=O)c2=O)N(CCCCCC(=O)O)c2ccccc21.CCN(CC)CC. The number of para-hydroxylation sites is 1. The van der Waals surface area contributed by atoms with Crippen molar-refractivity contribution < 1.29 is 15.0 Å². The predicted molar refractivity (Wildman–Crippen MR) is 137 cm³/mol. The number of carboxylic acid groups (broad SMARTS) is 1. The van der Waals surface area contributed by atoms with Crippen LogP contribution < -0.4 is 15.8 Å². The number of benzene rings is 1. The first-order valence-corrected chi connectivity index (χ1v) is 12.2. The lowest BCUT2D eigenvalue weighted by molar-refractivity contribution is -0.137. The Bertz CT molecular complexity index is 1070. The molecule has 0 aliphatic carbocycles. The molecule has 34 heavy (non-hydrogen) atoms. The number of nitrogens with zero attached hydrogens (tertiary/aromatic N) is 2. The molecule has 2 aromatic rings. The van der Waals surface area contributed by atoms with E-state index in [0.717, 1.165) is 29.8 Å². The molecule has 186 valence electrons. The van der Waals surface area contributed by atoms with Crippen LogP contribution in [-0.4, -0.2) is 47.3 Å². The lowest BCUT2D eigenvalue weighted by Gasteiger charge is -2.27. The predicted octanol–water partition coefficient (Wildman–Crippen LogP) is 4.12. The molecule has 0 atom stereocenters. The molecule has 0 radical (unpaired) electrons. The second-order valence-electron chi connectivity index (χ2n) is 9.07. The maximum Gasteiger partial charge on any atom is 0.303 e. The van der Waals surface area contributed by atoms with Crippen LogP contribution in [0.5, 0.6) is 5.75 Å². The summed E-state index contributed by atoms with van der Waals surface area (Å²) in [6, 6.07) is 7.96. The van der Waals surface area contributed by atoms with E-state index in [0.29, 0.717) is 13.0 Å². The largest absolute Gasteiger partial charge is 0.504 e. The Balaban J connectivity index is 0.000000509. The number of hydrogen-bond donors (Lipinski definition) is 2. The van der Waals surface area contributed by atoms with Crippen LogP contribution >= 0.6 is 0 Å². The summed E-state index contributed by atoms with van der Waals surface area (Å²) in [4.78, 5) is 38.3. The smallest absolute Gasteiger partial charge is 0.303 e. The number of fused-ring (bicyclic) bond motifs is 1. The molecule has 0 saturated carbocycles. The molecule has 7 nitrogen and oxygen atoms in total. The van der Waals surface area contributed by atoms with Gasteiger partial charge in [-0.2, -0.15) is 0 Å². The number of carboxylic acids is 1. The lowest BCUT2D eigenvalue weighted by Crippen LogP contribution is -2.34. The minimum atomic E-state index is -0.838. The number of aliphatic carboxylic acids is 1. The average Bonchev–Trinajstić information content (AvgIpc) is 3.04. The Hall–Kier alpha value is -2.93. The van der Waals surface area contributed by atoms with E-state index in [1.807, 2.05) is 38.1 Å². The van der Waals surface area contributed by atoms with Crippen molar-refractivity contribution in [3.05, 3.63) is 61.5 Å². The summed E-state index contributed by atoms with van der Waals surface area (Å²) >= 11 is 0. The van der Waals surface area contributed by atoms with Gasteiger partial charge in [0.2, 0.25) is 5.43 Å². The Kier molecular flexibility index (Phi) is 9.62. The van der Waals surface area contributed by atoms with Crippen molar-refractivity contribution >= 4 is 17.7 Å². The molecule has 0 bridgehead atoms. The minimum absolute atomic E-state index is 0.0618. The van der Waals surface area contributed by atoms with Crippen molar-refractivity contribution in [2.24, 2.45) is 0 Å². The maximum atomic E-state index is 11.8. The monoisotopic (exact) mass is 470 g/mol. The van der Waals surface area contributed by atoms with Gasteiger partial charge in [0.1, 0.15) is 0 Å². The Morgan fingerprint density at radius 2 is 1.62 bits per heavy atom. The highest BCUT2D eigenvalue weighted by Crippen LogP contribution is 2.48. The van der Waals surface area contributed by atoms with Gasteiger partial charge in [0.05, 0.1) is 5.56 Å². The van der Waals surface area contributed by atoms with Crippen LogP contribution in [0.2, 0.25) is 0 Å². The van der Waals surface area contributed by atoms with Crippen molar-refractivity contribution in [2.45, 2.75) is 65.7 Å². The molecule has 1 aliphatic heterocycles. The van der Waals surface area contributed by atoms with Crippen LogP contribution in [0, 0.1) is 0 Å². The van der Waals surface area contributed by atoms with E-state index in [1.165, 1.54) is 19.6 Å². The molecule has 2 aromatic carbocycles. The molecule has 1 heterocycles. The summed E-state index contributed by atoms with van der Waals surface area (Å²) in [6.07, 6.45) is 3.97. The van der Waals surface area contributed by atoms with Crippen molar-refractivity contribution in [3.8, 4) is 5.75 Å². The molecular weight excluding hydrogens is 432 g/mol. The number of aromatic hydroxyl groups is 1. The highest BCUT2D eigenvalue weighted by Gasteiger charge is 2.40. The maximum absolute atomic E-state index is 11.8. The first-order chi connectivity index (χ1) is 16.1. The summed E-state index contributed by atoms with van der Waals surface area (Å²) in [5.41, 5.74) is 1.17. The van der Waals surface area contributed by atoms with E-state index >= 15 is 0 Å². The van der Waals surface area contributed by atoms with Crippen LogP contribution in [0.1, 0.15) is 71.4 Å². The van der Waals surface area contributed by atoms with E-state index in [2.05, 4.69) is 30.6 Å². The average molecular weight is 471 g/mol. The van der Waals surface area contributed by atoms with E-state index < -0.39 is 22.6 Å². The van der Waals surface area contributed by atoms with Gasteiger partial charge in [-0.15, -0.1) is 0 Å². The zero-order valence-corrected chi connectivity index (χ0v) is 21.1. The molecule has 7 heteroatoms. The number of allylic oxidation sites excluding steroid dienone is 1. The van der Waals surface area contributed by atoms with E-state index in [9.17, 15) is 19.5 Å². The second kappa shape index (κ2) is 12.0. The molecular formula is C27H38N2O5. The lowest BCUT2D eigenvalue weighted by atomic mass is 9.83. The van der Waals surface area contributed by atoms with Gasteiger partial charge < -0.3 is 20.0 Å². The number of carbonyl (C=O) groups is 1. The summed E-state index contributed by atoms with van der Waals surface area (Å²) in [5.74, 6) is -1.26. The summed E-state index contributed by atoms with van der Waals surface area (Å²) < 4.78 is 0. The molecule has 2 N–H and O–H groups in total. The van der Waals surface area contributed by atoms with E-state index in [1.54, 1.807) is 6.08 Å². The highest BCUT2D eigenvalue weighted by molar-refractivity contribution is 5.77. The first-order valence-electron chi connectivity index (χ1n) is 12.2. The molecule has 3 rings (SSSR count). The zero-order chi connectivity index (χ0) is 25.5. The topological polar surface area (TPSA) is 98.2 Å². The summed E-state index contributed by atoms with van der Waals surface area (Å²) in [5, 5.41) is 18.5. The standard InChI is InChI=1S/C21H23NO5.C6H15N/c1-21(2)14-8-5-6-9-15(14)22(11-7-3-4-10-17(23)24)16(21)12-13-18(25)20(27)19(13)26;1-4-7(5-2)6-3/h5-6,8-9,12,25H,3-4,7,10-11H2,1-2H3,(H,23,24);4-6H2,1-3H3. The molecule has 1 aliphatic rings. The quantitative estimate of drug-likeness (QED) is 0.398. The zero-order valence-electron chi connectivity index (χ0n) is 21.1. The Morgan fingerprint density at radius 1 is 1.00 bits per heavy atom.